The Kier molecular flexibility index (Phi) is 4.97. The SMILES string of the molecule is COc1ccc(Br)c(CNc2ccc(Cl)cc2Cl)c1. The molecule has 5 heteroatoms. The Morgan fingerprint density at radius 3 is 2.63 bits per heavy atom. The molecular formula is C14H12BrCl2NO. The average molecular weight is 361 g/mol. The molecule has 100 valence electrons. The van der Waals surface area contributed by atoms with E-state index in [1.807, 2.05) is 24.3 Å². The molecule has 0 saturated heterocycles. The molecule has 0 aliphatic carbocycles. The van der Waals surface area contributed by atoms with Crippen molar-refractivity contribution in [1.29, 1.82) is 0 Å². The Morgan fingerprint density at radius 2 is 1.95 bits per heavy atom. The zero-order valence-electron chi connectivity index (χ0n) is 10.2. The van der Waals surface area contributed by atoms with Crippen LogP contribution in [0.15, 0.2) is 40.9 Å². The first-order chi connectivity index (χ1) is 9.10. The minimum Gasteiger partial charge on any atom is -0.497 e. The van der Waals surface area contributed by atoms with Crippen molar-refractivity contribution in [3.63, 3.8) is 0 Å². The predicted molar refractivity (Wildman–Crippen MR) is 84.5 cm³/mol. The fraction of sp³-hybridized carbons (Fsp3) is 0.143. The molecule has 0 atom stereocenters. The number of rotatable bonds is 4. The van der Waals surface area contributed by atoms with Crippen LogP contribution in [0.1, 0.15) is 5.56 Å². The van der Waals surface area contributed by atoms with Gasteiger partial charge in [-0.05, 0) is 42.0 Å². The van der Waals surface area contributed by atoms with E-state index in [2.05, 4.69) is 21.2 Å². The lowest BCUT2D eigenvalue weighted by Gasteiger charge is -2.11. The maximum Gasteiger partial charge on any atom is 0.119 e. The van der Waals surface area contributed by atoms with Crippen molar-refractivity contribution in [2.45, 2.75) is 6.54 Å². The Labute approximate surface area is 130 Å². The zero-order chi connectivity index (χ0) is 13.8. The van der Waals surface area contributed by atoms with E-state index in [0.29, 0.717) is 16.6 Å². The third-order valence-electron chi connectivity index (χ3n) is 2.65. The summed E-state index contributed by atoms with van der Waals surface area (Å²) in [5.41, 5.74) is 1.94. The van der Waals surface area contributed by atoms with Gasteiger partial charge in [-0.2, -0.15) is 0 Å². The summed E-state index contributed by atoms with van der Waals surface area (Å²) in [6.45, 7) is 0.638. The van der Waals surface area contributed by atoms with Crippen LogP contribution in [0.2, 0.25) is 10.0 Å². The van der Waals surface area contributed by atoms with E-state index >= 15 is 0 Å². The monoisotopic (exact) mass is 359 g/mol. The summed E-state index contributed by atoms with van der Waals surface area (Å²) in [6, 6.07) is 11.2. The van der Waals surface area contributed by atoms with Crippen molar-refractivity contribution >= 4 is 44.8 Å². The molecule has 0 fully saturated rings. The van der Waals surface area contributed by atoms with Gasteiger partial charge in [0.15, 0.2) is 0 Å². The van der Waals surface area contributed by atoms with E-state index in [0.717, 1.165) is 21.5 Å². The van der Waals surface area contributed by atoms with E-state index in [1.54, 1.807) is 19.2 Å². The van der Waals surface area contributed by atoms with E-state index in [-0.39, 0.29) is 0 Å². The third-order valence-corrected chi connectivity index (χ3v) is 3.97. The van der Waals surface area contributed by atoms with Gasteiger partial charge >= 0.3 is 0 Å². The summed E-state index contributed by atoms with van der Waals surface area (Å²) in [7, 11) is 1.65. The molecule has 0 unspecified atom stereocenters. The summed E-state index contributed by atoms with van der Waals surface area (Å²) in [6.07, 6.45) is 0. The van der Waals surface area contributed by atoms with Gasteiger partial charge in [-0.15, -0.1) is 0 Å². The first-order valence-electron chi connectivity index (χ1n) is 5.61. The Hall–Kier alpha value is -0.900. The van der Waals surface area contributed by atoms with Gasteiger partial charge in [-0.1, -0.05) is 39.1 Å². The number of hydrogen-bond donors (Lipinski definition) is 1. The number of nitrogens with one attached hydrogen (secondary N) is 1. The number of ether oxygens (including phenoxy) is 1. The third kappa shape index (κ3) is 3.78. The van der Waals surface area contributed by atoms with Crippen LogP contribution in [-0.4, -0.2) is 7.11 Å². The van der Waals surface area contributed by atoms with Crippen molar-refractivity contribution in [3.05, 3.63) is 56.5 Å². The molecule has 0 bridgehead atoms. The van der Waals surface area contributed by atoms with Crippen molar-refractivity contribution in [3.8, 4) is 5.75 Å². The highest BCUT2D eigenvalue weighted by Crippen LogP contribution is 2.27. The minimum absolute atomic E-state index is 0.603. The average Bonchev–Trinajstić information content (AvgIpc) is 2.39. The van der Waals surface area contributed by atoms with Crippen LogP contribution in [0.25, 0.3) is 0 Å². The standard InChI is InChI=1S/C14H12BrCl2NO/c1-19-11-3-4-12(15)9(6-11)8-18-14-5-2-10(16)7-13(14)17/h2-7,18H,8H2,1H3. The van der Waals surface area contributed by atoms with Crippen LogP contribution < -0.4 is 10.1 Å². The van der Waals surface area contributed by atoms with Crippen molar-refractivity contribution in [2.24, 2.45) is 0 Å². The summed E-state index contributed by atoms with van der Waals surface area (Å²) in [5.74, 6) is 0.821. The largest absolute Gasteiger partial charge is 0.497 e. The zero-order valence-corrected chi connectivity index (χ0v) is 13.3. The molecular weight excluding hydrogens is 349 g/mol. The second-order valence-corrected chi connectivity index (χ2v) is 5.63. The van der Waals surface area contributed by atoms with Gasteiger partial charge in [0.1, 0.15) is 5.75 Å². The lowest BCUT2D eigenvalue weighted by Crippen LogP contribution is -2.01. The van der Waals surface area contributed by atoms with Gasteiger partial charge in [0, 0.05) is 16.0 Å². The van der Waals surface area contributed by atoms with Gasteiger partial charge < -0.3 is 10.1 Å². The molecule has 0 heterocycles. The van der Waals surface area contributed by atoms with Gasteiger partial charge in [-0.25, -0.2) is 0 Å². The number of benzene rings is 2. The lowest BCUT2D eigenvalue weighted by molar-refractivity contribution is 0.414. The molecule has 2 rings (SSSR count). The lowest BCUT2D eigenvalue weighted by atomic mass is 10.2. The predicted octanol–water partition coefficient (Wildman–Crippen LogP) is 5.38. The maximum absolute atomic E-state index is 6.11. The highest BCUT2D eigenvalue weighted by molar-refractivity contribution is 9.10. The molecule has 2 nitrogen and oxygen atoms in total. The Bertz CT molecular complexity index is 590. The van der Waals surface area contributed by atoms with Crippen molar-refractivity contribution in [2.75, 3.05) is 12.4 Å². The van der Waals surface area contributed by atoms with Gasteiger partial charge in [0.2, 0.25) is 0 Å². The number of hydrogen-bond acceptors (Lipinski definition) is 2. The van der Waals surface area contributed by atoms with E-state index in [1.165, 1.54) is 0 Å². The molecule has 0 aliphatic heterocycles. The summed E-state index contributed by atoms with van der Waals surface area (Å²) < 4.78 is 6.23. The van der Waals surface area contributed by atoms with Crippen molar-refractivity contribution < 1.29 is 4.74 Å². The van der Waals surface area contributed by atoms with Gasteiger partial charge in [0.25, 0.3) is 0 Å². The van der Waals surface area contributed by atoms with Crippen LogP contribution in [0.3, 0.4) is 0 Å². The number of anilines is 1. The van der Waals surface area contributed by atoms with Crippen LogP contribution >= 0.6 is 39.1 Å². The number of halogens is 3. The first kappa shape index (κ1) is 14.5. The van der Waals surface area contributed by atoms with Crippen LogP contribution in [-0.2, 0) is 6.54 Å². The van der Waals surface area contributed by atoms with Gasteiger partial charge in [-0.3, -0.25) is 0 Å². The van der Waals surface area contributed by atoms with E-state index < -0.39 is 0 Å². The Morgan fingerprint density at radius 1 is 1.16 bits per heavy atom. The van der Waals surface area contributed by atoms with E-state index in [9.17, 15) is 0 Å². The fourth-order valence-electron chi connectivity index (χ4n) is 1.64. The summed E-state index contributed by atoms with van der Waals surface area (Å²) >= 11 is 15.5. The highest BCUT2D eigenvalue weighted by Gasteiger charge is 2.04. The van der Waals surface area contributed by atoms with Crippen LogP contribution in [0.5, 0.6) is 5.75 Å². The molecule has 0 spiro atoms. The first-order valence-corrected chi connectivity index (χ1v) is 7.16. The molecule has 2 aromatic rings. The topological polar surface area (TPSA) is 21.3 Å². The highest BCUT2D eigenvalue weighted by atomic mass is 79.9. The molecule has 0 saturated carbocycles. The molecule has 0 aliphatic rings. The molecule has 19 heavy (non-hydrogen) atoms. The molecule has 0 aromatic heterocycles. The summed E-state index contributed by atoms with van der Waals surface area (Å²) in [4.78, 5) is 0. The normalized spacial score (nSPS) is 10.3. The molecule has 0 amide bonds. The van der Waals surface area contributed by atoms with Crippen LogP contribution in [0.4, 0.5) is 5.69 Å². The molecule has 2 aromatic carbocycles. The Balaban J connectivity index is 2.14. The quantitative estimate of drug-likeness (QED) is 0.790. The molecule has 1 N–H and O–H groups in total. The minimum atomic E-state index is 0.603. The molecule has 0 radical (unpaired) electrons. The van der Waals surface area contributed by atoms with E-state index in [4.69, 9.17) is 27.9 Å². The summed E-state index contributed by atoms with van der Waals surface area (Å²) in [5, 5.41) is 4.50. The number of methoxy groups -OCH3 is 1. The van der Waals surface area contributed by atoms with Gasteiger partial charge in [0.05, 0.1) is 17.8 Å². The van der Waals surface area contributed by atoms with Crippen molar-refractivity contribution in [1.82, 2.24) is 0 Å². The maximum atomic E-state index is 6.11. The van der Waals surface area contributed by atoms with Crippen LogP contribution in [0, 0.1) is 0 Å². The smallest absolute Gasteiger partial charge is 0.119 e. The fourth-order valence-corrected chi connectivity index (χ4v) is 2.50. The second kappa shape index (κ2) is 6.51. The second-order valence-electron chi connectivity index (χ2n) is 3.94.